The number of esters is 2. The minimum Gasteiger partial charge on any atom is -0.465 e. The molecule has 2 unspecified atom stereocenters. The zero-order chi connectivity index (χ0) is 17.7. The van der Waals surface area contributed by atoms with Crippen LogP contribution in [0.4, 0.5) is 0 Å². The SMILES string of the molecule is O=C1OCCCC1CCCSCCCSCCCC1CCCOC1=O. The maximum atomic E-state index is 11.5. The highest BCUT2D eigenvalue weighted by Gasteiger charge is 2.23. The highest BCUT2D eigenvalue weighted by Crippen LogP contribution is 2.23. The fourth-order valence-corrected chi connectivity index (χ4v) is 5.36. The Morgan fingerprint density at radius 2 is 1.16 bits per heavy atom. The smallest absolute Gasteiger partial charge is 0.308 e. The first-order chi connectivity index (χ1) is 12.3. The average Bonchev–Trinajstić information content (AvgIpc) is 2.62. The van der Waals surface area contributed by atoms with Crippen LogP contribution in [0.2, 0.25) is 0 Å². The molecule has 2 fully saturated rings. The van der Waals surface area contributed by atoms with Crippen LogP contribution in [-0.4, -0.2) is 48.2 Å². The van der Waals surface area contributed by atoms with E-state index in [-0.39, 0.29) is 23.8 Å². The summed E-state index contributed by atoms with van der Waals surface area (Å²) in [4.78, 5) is 23.1. The number of thioether (sulfide) groups is 2. The lowest BCUT2D eigenvalue weighted by Crippen LogP contribution is -2.24. The summed E-state index contributed by atoms with van der Waals surface area (Å²) in [6, 6.07) is 0. The van der Waals surface area contributed by atoms with E-state index in [1.807, 2.05) is 23.5 Å². The Hall–Kier alpha value is -0.360. The van der Waals surface area contributed by atoms with Crippen molar-refractivity contribution in [2.45, 2.75) is 57.8 Å². The quantitative estimate of drug-likeness (QED) is 0.367. The molecule has 144 valence electrons. The molecule has 0 spiro atoms. The molecule has 25 heavy (non-hydrogen) atoms. The third-order valence-corrected chi connectivity index (χ3v) is 7.12. The third-order valence-electron chi connectivity index (χ3n) is 4.81. The number of hydrogen-bond donors (Lipinski definition) is 0. The van der Waals surface area contributed by atoms with Gasteiger partial charge in [0.1, 0.15) is 0 Å². The molecule has 0 N–H and O–H groups in total. The Balaban J connectivity index is 1.33. The number of ether oxygens (including phenoxy) is 2. The van der Waals surface area contributed by atoms with Gasteiger partial charge in [-0.2, -0.15) is 23.5 Å². The summed E-state index contributed by atoms with van der Waals surface area (Å²) in [5.41, 5.74) is 0. The molecule has 6 heteroatoms. The summed E-state index contributed by atoms with van der Waals surface area (Å²) >= 11 is 4.01. The highest BCUT2D eigenvalue weighted by atomic mass is 32.2. The van der Waals surface area contributed by atoms with E-state index in [2.05, 4.69) is 0 Å². The van der Waals surface area contributed by atoms with E-state index < -0.39 is 0 Å². The standard InChI is InChI=1S/C19H32O4S2/c20-18-16(6-1-10-22-18)8-3-12-24-14-5-15-25-13-4-9-17-7-2-11-23-19(17)21/h16-17H,1-15H2. The summed E-state index contributed by atoms with van der Waals surface area (Å²) in [5.74, 6) is 5.07. The Labute approximate surface area is 160 Å². The van der Waals surface area contributed by atoms with Crippen LogP contribution < -0.4 is 0 Å². The van der Waals surface area contributed by atoms with Gasteiger partial charge in [0.2, 0.25) is 0 Å². The second-order valence-corrected chi connectivity index (χ2v) is 9.33. The lowest BCUT2D eigenvalue weighted by Gasteiger charge is -2.20. The molecule has 2 heterocycles. The van der Waals surface area contributed by atoms with E-state index in [0.717, 1.165) is 62.9 Å². The average molecular weight is 389 g/mol. The van der Waals surface area contributed by atoms with Gasteiger partial charge in [0.05, 0.1) is 25.0 Å². The zero-order valence-corrected chi connectivity index (χ0v) is 16.8. The molecule has 0 bridgehead atoms. The molecular formula is C19H32O4S2. The fraction of sp³-hybridized carbons (Fsp3) is 0.895. The number of hydrogen-bond acceptors (Lipinski definition) is 6. The van der Waals surface area contributed by atoms with E-state index in [0.29, 0.717) is 13.2 Å². The van der Waals surface area contributed by atoms with Gasteiger partial charge in [0.15, 0.2) is 0 Å². The Morgan fingerprint density at radius 3 is 1.60 bits per heavy atom. The number of cyclic esters (lactones) is 2. The van der Waals surface area contributed by atoms with Gasteiger partial charge in [-0.05, 0) is 80.8 Å². The highest BCUT2D eigenvalue weighted by molar-refractivity contribution is 8.00. The first kappa shape index (κ1) is 20.9. The molecule has 4 nitrogen and oxygen atoms in total. The minimum absolute atomic E-state index is 0.0224. The van der Waals surface area contributed by atoms with Crippen molar-refractivity contribution < 1.29 is 19.1 Å². The summed E-state index contributed by atoms with van der Waals surface area (Å²) in [5, 5.41) is 0. The van der Waals surface area contributed by atoms with Crippen LogP contribution in [0, 0.1) is 11.8 Å². The van der Waals surface area contributed by atoms with E-state index in [9.17, 15) is 9.59 Å². The third kappa shape index (κ3) is 8.72. The Kier molecular flexibility index (Phi) is 10.8. The van der Waals surface area contributed by atoms with E-state index in [1.165, 1.54) is 17.9 Å². The van der Waals surface area contributed by atoms with Gasteiger partial charge in [-0.1, -0.05) is 0 Å². The molecule has 0 aromatic heterocycles. The Morgan fingerprint density at radius 1 is 0.720 bits per heavy atom. The molecule has 0 aromatic rings. The second-order valence-electron chi connectivity index (χ2n) is 6.88. The molecule has 0 aliphatic carbocycles. The van der Waals surface area contributed by atoms with Crippen LogP contribution in [-0.2, 0) is 19.1 Å². The van der Waals surface area contributed by atoms with Gasteiger partial charge >= 0.3 is 11.9 Å². The molecule has 0 aromatic carbocycles. The molecule has 2 rings (SSSR count). The van der Waals surface area contributed by atoms with Crippen molar-refractivity contribution in [3.63, 3.8) is 0 Å². The van der Waals surface area contributed by atoms with Crippen molar-refractivity contribution in [3.8, 4) is 0 Å². The van der Waals surface area contributed by atoms with Crippen molar-refractivity contribution in [2.24, 2.45) is 11.8 Å². The largest absolute Gasteiger partial charge is 0.465 e. The van der Waals surface area contributed by atoms with Crippen molar-refractivity contribution in [3.05, 3.63) is 0 Å². The molecule has 0 saturated carbocycles. The molecule has 2 atom stereocenters. The van der Waals surface area contributed by atoms with Crippen LogP contribution in [0.25, 0.3) is 0 Å². The van der Waals surface area contributed by atoms with Gasteiger partial charge < -0.3 is 9.47 Å². The maximum Gasteiger partial charge on any atom is 0.308 e. The summed E-state index contributed by atoms with van der Waals surface area (Å²) in [6.45, 7) is 1.24. The fourth-order valence-electron chi connectivity index (χ4n) is 3.33. The normalized spacial score (nSPS) is 24.0. The molecular weight excluding hydrogens is 356 g/mol. The monoisotopic (exact) mass is 388 g/mol. The lowest BCUT2D eigenvalue weighted by molar-refractivity contribution is -0.154. The predicted octanol–water partition coefficient (Wildman–Crippen LogP) is 4.31. The maximum absolute atomic E-state index is 11.5. The Bertz CT molecular complexity index is 367. The van der Waals surface area contributed by atoms with Crippen molar-refractivity contribution in [1.29, 1.82) is 0 Å². The van der Waals surface area contributed by atoms with Crippen LogP contribution >= 0.6 is 23.5 Å². The van der Waals surface area contributed by atoms with Crippen LogP contribution in [0.5, 0.6) is 0 Å². The van der Waals surface area contributed by atoms with Crippen LogP contribution in [0.1, 0.15) is 57.8 Å². The van der Waals surface area contributed by atoms with Crippen LogP contribution in [0.3, 0.4) is 0 Å². The topological polar surface area (TPSA) is 52.6 Å². The van der Waals surface area contributed by atoms with Crippen molar-refractivity contribution >= 4 is 35.5 Å². The second kappa shape index (κ2) is 12.9. The van der Waals surface area contributed by atoms with Gasteiger partial charge in [-0.3, -0.25) is 9.59 Å². The molecule has 2 aliphatic heterocycles. The van der Waals surface area contributed by atoms with Crippen LogP contribution in [0.15, 0.2) is 0 Å². The minimum atomic E-state index is 0.0224. The summed E-state index contributed by atoms with van der Waals surface area (Å²) in [7, 11) is 0. The number of carbonyl (C=O) groups is 2. The molecule has 2 aliphatic rings. The van der Waals surface area contributed by atoms with Crippen molar-refractivity contribution in [2.75, 3.05) is 36.2 Å². The molecule has 0 radical (unpaired) electrons. The lowest BCUT2D eigenvalue weighted by atomic mass is 9.97. The van der Waals surface area contributed by atoms with Gasteiger partial charge in [-0.25, -0.2) is 0 Å². The van der Waals surface area contributed by atoms with Crippen molar-refractivity contribution in [1.82, 2.24) is 0 Å². The van der Waals surface area contributed by atoms with Gasteiger partial charge in [0, 0.05) is 0 Å². The molecule has 2 saturated heterocycles. The van der Waals surface area contributed by atoms with E-state index >= 15 is 0 Å². The summed E-state index contributed by atoms with van der Waals surface area (Å²) < 4.78 is 10.2. The number of rotatable bonds is 12. The van der Waals surface area contributed by atoms with E-state index in [1.54, 1.807) is 0 Å². The first-order valence-electron chi connectivity index (χ1n) is 9.76. The first-order valence-corrected chi connectivity index (χ1v) is 12.1. The van der Waals surface area contributed by atoms with Gasteiger partial charge in [-0.15, -0.1) is 0 Å². The zero-order valence-electron chi connectivity index (χ0n) is 15.2. The molecule has 0 amide bonds. The van der Waals surface area contributed by atoms with Gasteiger partial charge in [0.25, 0.3) is 0 Å². The predicted molar refractivity (Wildman–Crippen MR) is 105 cm³/mol. The van der Waals surface area contributed by atoms with E-state index in [4.69, 9.17) is 9.47 Å². The number of carbonyl (C=O) groups excluding carboxylic acids is 2. The summed E-state index contributed by atoms with van der Waals surface area (Å²) in [6.07, 6.45) is 9.55.